The van der Waals surface area contributed by atoms with Crippen LogP contribution >= 0.6 is 11.3 Å². The normalized spacial score (nSPS) is 13.7. The van der Waals surface area contributed by atoms with E-state index in [9.17, 15) is 0 Å². The van der Waals surface area contributed by atoms with E-state index < -0.39 is 0 Å². The molecule has 0 spiro atoms. The number of thiophene rings is 1. The van der Waals surface area contributed by atoms with Crippen molar-refractivity contribution in [2.45, 2.75) is 39.0 Å². The standard InChI is InChI=1S/C26H26N4OS/c1-2-31-20-14-12-19(13-15-20)22(16-18-8-4-3-5-9-18)29-30-25-24-21-10-6-7-11-23(21)32-26(24)28-17-27-25/h3-5,8-9,12-15,17H,2,6-7,10-11,16H2,1H3,(H,27,28,30)/b29-22+. The number of benzene rings is 2. The molecule has 6 heteroatoms. The van der Waals surface area contributed by atoms with Gasteiger partial charge in [0, 0.05) is 11.3 Å². The molecule has 1 N–H and O–H groups in total. The molecule has 162 valence electrons. The second kappa shape index (κ2) is 9.49. The van der Waals surface area contributed by atoms with Crippen molar-refractivity contribution < 1.29 is 4.74 Å². The summed E-state index contributed by atoms with van der Waals surface area (Å²) in [6.07, 6.45) is 7.07. The van der Waals surface area contributed by atoms with Gasteiger partial charge in [0.25, 0.3) is 0 Å². The Labute approximate surface area is 192 Å². The third-order valence-corrected chi connectivity index (χ3v) is 6.96. The van der Waals surface area contributed by atoms with Crippen molar-refractivity contribution in [3.05, 3.63) is 82.5 Å². The zero-order chi connectivity index (χ0) is 21.8. The number of ether oxygens (including phenoxy) is 1. The lowest BCUT2D eigenvalue weighted by Crippen LogP contribution is -2.09. The average molecular weight is 443 g/mol. The maximum Gasteiger partial charge on any atom is 0.158 e. The number of aryl methyl sites for hydroxylation is 2. The van der Waals surface area contributed by atoms with Crippen LogP contribution in [0.3, 0.4) is 0 Å². The van der Waals surface area contributed by atoms with E-state index >= 15 is 0 Å². The average Bonchev–Trinajstić information content (AvgIpc) is 3.22. The highest BCUT2D eigenvalue weighted by Crippen LogP contribution is 2.38. The molecular formula is C26H26N4OS. The quantitative estimate of drug-likeness (QED) is 0.280. The second-order valence-corrected chi connectivity index (χ2v) is 8.99. The van der Waals surface area contributed by atoms with Crippen molar-refractivity contribution in [3.63, 3.8) is 0 Å². The molecule has 0 fully saturated rings. The van der Waals surface area contributed by atoms with Crippen LogP contribution in [0.25, 0.3) is 10.2 Å². The Morgan fingerprint density at radius 1 is 1.03 bits per heavy atom. The summed E-state index contributed by atoms with van der Waals surface area (Å²) in [5.41, 5.74) is 7.92. The minimum atomic E-state index is 0.653. The first-order valence-electron chi connectivity index (χ1n) is 11.2. The van der Waals surface area contributed by atoms with Gasteiger partial charge in [0.05, 0.1) is 17.7 Å². The van der Waals surface area contributed by atoms with E-state index in [1.165, 1.54) is 28.8 Å². The predicted octanol–water partition coefficient (Wildman–Crippen LogP) is 6.03. The van der Waals surface area contributed by atoms with Crippen molar-refractivity contribution in [3.8, 4) is 5.75 Å². The highest BCUT2D eigenvalue weighted by atomic mass is 32.1. The lowest BCUT2D eigenvalue weighted by atomic mass is 9.97. The Bertz CT molecular complexity index is 1230. The van der Waals surface area contributed by atoms with Gasteiger partial charge in [-0.05, 0) is 73.6 Å². The monoisotopic (exact) mass is 442 g/mol. The fraction of sp³-hybridized carbons (Fsp3) is 0.269. The molecule has 1 aliphatic rings. The number of fused-ring (bicyclic) bond motifs is 3. The minimum absolute atomic E-state index is 0.653. The third kappa shape index (κ3) is 4.36. The second-order valence-electron chi connectivity index (χ2n) is 7.90. The van der Waals surface area contributed by atoms with Crippen LogP contribution in [0, 0.1) is 0 Å². The first-order chi connectivity index (χ1) is 15.8. The van der Waals surface area contributed by atoms with Crippen LogP contribution in [0.1, 0.15) is 41.3 Å². The highest BCUT2D eigenvalue weighted by Gasteiger charge is 2.20. The van der Waals surface area contributed by atoms with E-state index in [0.29, 0.717) is 6.61 Å². The molecule has 4 aromatic rings. The van der Waals surface area contributed by atoms with Crippen LogP contribution in [0.5, 0.6) is 5.75 Å². The van der Waals surface area contributed by atoms with E-state index in [1.54, 1.807) is 17.7 Å². The molecule has 0 atom stereocenters. The predicted molar refractivity (Wildman–Crippen MR) is 132 cm³/mol. The highest BCUT2D eigenvalue weighted by molar-refractivity contribution is 7.19. The van der Waals surface area contributed by atoms with Gasteiger partial charge >= 0.3 is 0 Å². The molecule has 0 unspecified atom stereocenters. The maximum absolute atomic E-state index is 5.61. The summed E-state index contributed by atoms with van der Waals surface area (Å²) in [6.45, 7) is 2.65. The molecule has 2 aromatic carbocycles. The summed E-state index contributed by atoms with van der Waals surface area (Å²) >= 11 is 1.80. The molecule has 0 aliphatic heterocycles. The Kier molecular flexibility index (Phi) is 6.12. The zero-order valence-corrected chi connectivity index (χ0v) is 19.0. The fourth-order valence-electron chi connectivity index (χ4n) is 4.20. The van der Waals surface area contributed by atoms with Crippen LogP contribution in [-0.4, -0.2) is 22.3 Å². The largest absolute Gasteiger partial charge is 0.494 e. The molecule has 5 rings (SSSR count). The smallest absolute Gasteiger partial charge is 0.158 e. The lowest BCUT2D eigenvalue weighted by molar-refractivity contribution is 0.340. The van der Waals surface area contributed by atoms with Gasteiger partial charge in [0.15, 0.2) is 5.82 Å². The summed E-state index contributed by atoms with van der Waals surface area (Å²) < 4.78 is 5.61. The molecular weight excluding hydrogens is 416 g/mol. The van der Waals surface area contributed by atoms with Crippen LogP contribution in [0.4, 0.5) is 5.82 Å². The number of nitrogens with zero attached hydrogens (tertiary/aromatic N) is 3. The van der Waals surface area contributed by atoms with E-state index in [-0.39, 0.29) is 0 Å². The molecule has 2 aromatic heterocycles. The summed E-state index contributed by atoms with van der Waals surface area (Å²) in [6, 6.07) is 18.5. The summed E-state index contributed by atoms with van der Waals surface area (Å²) in [4.78, 5) is 11.6. The van der Waals surface area contributed by atoms with Crippen molar-refractivity contribution in [1.82, 2.24) is 9.97 Å². The van der Waals surface area contributed by atoms with Gasteiger partial charge in [-0.2, -0.15) is 5.10 Å². The number of anilines is 1. The van der Waals surface area contributed by atoms with Gasteiger partial charge in [-0.25, -0.2) is 9.97 Å². The topological polar surface area (TPSA) is 59.4 Å². The van der Waals surface area contributed by atoms with Crippen LogP contribution in [0.15, 0.2) is 66.0 Å². The minimum Gasteiger partial charge on any atom is -0.494 e. The Hall–Kier alpha value is -3.25. The zero-order valence-electron chi connectivity index (χ0n) is 18.2. The number of aromatic nitrogens is 2. The number of rotatable bonds is 7. The molecule has 0 saturated carbocycles. The molecule has 0 bridgehead atoms. The van der Waals surface area contributed by atoms with Gasteiger partial charge in [-0.1, -0.05) is 30.3 Å². The number of hydrogen-bond acceptors (Lipinski definition) is 6. The van der Waals surface area contributed by atoms with Gasteiger partial charge in [-0.3, -0.25) is 5.43 Å². The summed E-state index contributed by atoms with van der Waals surface area (Å²) in [5, 5.41) is 5.99. The van der Waals surface area contributed by atoms with Gasteiger partial charge in [0.2, 0.25) is 0 Å². The first-order valence-corrected chi connectivity index (χ1v) is 12.0. The van der Waals surface area contributed by atoms with Gasteiger partial charge < -0.3 is 4.74 Å². The number of hydrazone groups is 1. The van der Waals surface area contributed by atoms with E-state index in [1.807, 2.05) is 25.1 Å². The summed E-state index contributed by atoms with van der Waals surface area (Å²) in [7, 11) is 0. The molecule has 1 aliphatic carbocycles. The van der Waals surface area contributed by atoms with Crippen LogP contribution in [0.2, 0.25) is 0 Å². The summed E-state index contributed by atoms with van der Waals surface area (Å²) in [5.74, 6) is 1.66. The fourth-order valence-corrected chi connectivity index (χ4v) is 5.43. The van der Waals surface area contributed by atoms with Crippen molar-refractivity contribution in [2.75, 3.05) is 12.0 Å². The maximum atomic E-state index is 5.61. The van der Waals surface area contributed by atoms with Gasteiger partial charge in [0.1, 0.15) is 16.9 Å². The Balaban J connectivity index is 1.50. The Morgan fingerprint density at radius 2 is 1.84 bits per heavy atom. The number of hydrogen-bond donors (Lipinski definition) is 1. The van der Waals surface area contributed by atoms with E-state index in [2.05, 4.69) is 51.8 Å². The molecule has 2 heterocycles. The van der Waals surface area contributed by atoms with Crippen LogP contribution in [-0.2, 0) is 19.3 Å². The van der Waals surface area contributed by atoms with Crippen molar-refractivity contribution >= 4 is 33.1 Å². The van der Waals surface area contributed by atoms with Crippen LogP contribution < -0.4 is 10.2 Å². The van der Waals surface area contributed by atoms with E-state index in [0.717, 1.165) is 52.3 Å². The SMILES string of the molecule is CCOc1ccc(/C(Cc2ccccc2)=N/Nc2ncnc3sc4c(c23)CCCC4)cc1. The van der Waals surface area contributed by atoms with Crippen molar-refractivity contribution in [1.29, 1.82) is 0 Å². The molecule has 0 amide bonds. The van der Waals surface area contributed by atoms with Crippen molar-refractivity contribution in [2.24, 2.45) is 5.10 Å². The molecule has 32 heavy (non-hydrogen) atoms. The van der Waals surface area contributed by atoms with Gasteiger partial charge in [-0.15, -0.1) is 11.3 Å². The Morgan fingerprint density at radius 3 is 2.66 bits per heavy atom. The third-order valence-electron chi connectivity index (χ3n) is 5.76. The number of nitrogens with one attached hydrogen (secondary N) is 1. The molecule has 0 radical (unpaired) electrons. The van der Waals surface area contributed by atoms with E-state index in [4.69, 9.17) is 9.84 Å². The molecule has 5 nitrogen and oxygen atoms in total. The lowest BCUT2D eigenvalue weighted by Gasteiger charge is -2.12. The first kappa shape index (κ1) is 20.6. The molecule has 0 saturated heterocycles.